The second-order valence-corrected chi connectivity index (χ2v) is 11.8. The minimum Gasteiger partial charge on any atom is -0.469 e. The maximum absolute atomic E-state index is 11.7. The number of methoxy groups -OCH3 is 1. The van der Waals surface area contributed by atoms with Crippen molar-refractivity contribution in [2.75, 3.05) is 7.11 Å². The molecule has 3 heteroatoms. The zero-order chi connectivity index (χ0) is 21.0. The van der Waals surface area contributed by atoms with Crippen molar-refractivity contribution < 1.29 is 14.6 Å². The number of carbonyl (C=O) groups is 1. The summed E-state index contributed by atoms with van der Waals surface area (Å²) < 4.78 is 4.88. The number of hydrogen-bond donors (Lipinski definition) is 1. The highest BCUT2D eigenvalue weighted by Crippen LogP contribution is 2.67. The Kier molecular flexibility index (Phi) is 5.46. The molecular weight excluding hydrogens is 360 g/mol. The lowest BCUT2D eigenvalue weighted by molar-refractivity contribution is -0.141. The van der Waals surface area contributed by atoms with E-state index < -0.39 is 5.60 Å². The van der Waals surface area contributed by atoms with Crippen LogP contribution in [0.2, 0.25) is 0 Å². The van der Waals surface area contributed by atoms with Gasteiger partial charge in [-0.3, -0.25) is 4.79 Å². The van der Waals surface area contributed by atoms with E-state index in [1.807, 2.05) is 6.92 Å². The Morgan fingerprint density at radius 3 is 2.66 bits per heavy atom. The topological polar surface area (TPSA) is 46.5 Å². The molecule has 3 nitrogen and oxygen atoms in total. The van der Waals surface area contributed by atoms with Gasteiger partial charge in [-0.25, -0.2) is 0 Å². The van der Waals surface area contributed by atoms with Crippen LogP contribution >= 0.6 is 0 Å². The fraction of sp³-hybridized carbons (Fsp3) is 0.885. The average molecular weight is 403 g/mol. The molecule has 0 saturated heterocycles. The lowest BCUT2D eigenvalue weighted by Gasteiger charge is -2.59. The molecule has 1 N–H and O–H groups in total. The quantitative estimate of drug-likeness (QED) is 0.470. The predicted molar refractivity (Wildman–Crippen MR) is 116 cm³/mol. The molecule has 4 rings (SSSR count). The molecule has 0 aromatic rings. The first-order valence-electron chi connectivity index (χ1n) is 12.1. The van der Waals surface area contributed by atoms with Gasteiger partial charge in [0, 0.05) is 6.42 Å². The molecular formula is C26H42O3. The van der Waals surface area contributed by atoms with Crippen LogP contribution in [0.1, 0.15) is 91.9 Å². The molecule has 4 aliphatic rings. The van der Waals surface area contributed by atoms with Gasteiger partial charge in [0.25, 0.3) is 0 Å². The molecule has 0 aliphatic heterocycles. The Balaban J connectivity index is 1.52. The SMILES string of the molecule is COC(=O)CCC(C)C1CCC2C3CC=C4CC(C)(O)CCC4(C)C3CCC12C. The van der Waals surface area contributed by atoms with E-state index in [0.29, 0.717) is 23.2 Å². The Bertz CT molecular complexity index is 679. The lowest BCUT2D eigenvalue weighted by atomic mass is 9.46. The van der Waals surface area contributed by atoms with Crippen molar-refractivity contribution in [3.05, 3.63) is 11.6 Å². The first kappa shape index (κ1) is 21.4. The predicted octanol–water partition coefficient (Wildman–Crippen LogP) is 5.91. The van der Waals surface area contributed by atoms with Crippen LogP contribution in [0.4, 0.5) is 0 Å². The van der Waals surface area contributed by atoms with Crippen molar-refractivity contribution in [1.29, 1.82) is 0 Å². The highest BCUT2D eigenvalue weighted by Gasteiger charge is 2.59. The van der Waals surface area contributed by atoms with E-state index in [1.54, 1.807) is 5.57 Å². The van der Waals surface area contributed by atoms with Crippen LogP contribution in [0.3, 0.4) is 0 Å². The molecule has 0 heterocycles. The number of ether oxygens (including phenoxy) is 1. The van der Waals surface area contributed by atoms with Crippen LogP contribution in [-0.4, -0.2) is 23.8 Å². The Morgan fingerprint density at radius 1 is 1.17 bits per heavy atom. The van der Waals surface area contributed by atoms with E-state index in [0.717, 1.165) is 49.4 Å². The molecule has 3 saturated carbocycles. The summed E-state index contributed by atoms with van der Waals surface area (Å²) in [5.41, 5.74) is 1.79. The number of esters is 1. The van der Waals surface area contributed by atoms with Gasteiger partial charge >= 0.3 is 5.97 Å². The van der Waals surface area contributed by atoms with E-state index in [1.165, 1.54) is 39.2 Å². The van der Waals surface area contributed by atoms with E-state index in [-0.39, 0.29) is 5.97 Å². The molecule has 8 unspecified atom stereocenters. The third-order valence-corrected chi connectivity index (χ3v) is 10.2. The summed E-state index contributed by atoms with van der Waals surface area (Å²) in [6, 6.07) is 0. The summed E-state index contributed by atoms with van der Waals surface area (Å²) in [7, 11) is 1.50. The van der Waals surface area contributed by atoms with E-state index >= 15 is 0 Å². The highest BCUT2D eigenvalue weighted by molar-refractivity contribution is 5.69. The van der Waals surface area contributed by atoms with Crippen LogP contribution in [0.15, 0.2) is 11.6 Å². The second kappa shape index (κ2) is 7.39. The molecule has 0 spiro atoms. The smallest absolute Gasteiger partial charge is 0.305 e. The van der Waals surface area contributed by atoms with Gasteiger partial charge in [0.2, 0.25) is 0 Å². The Hall–Kier alpha value is -0.830. The van der Waals surface area contributed by atoms with Crippen molar-refractivity contribution in [2.45, 2.75) is 97.5 Å². The number of hydrogen-bond acceptors (Lipinski definition) is 3. The fourth-order valence-electron chi connectivity index (χ4n) is 8.43. The van der Waals surface area contributed by atoms with Crippen molar-refractivity contribution in [3.63, 3.8) is 0 Å². The zero-order valence-corrected chi connectivity index (χ0v) is 19.3. The van der Waals surface area contributed by atoms with Crippen LogP contribution < -0.4 is 0 Å². The maximum Gasteiger partial charge on any atom is 0.305 e. The van der Waals surface area contributed by atoms with Crippen molar-refractivity contribution in [2.24, 2.45) is 40.4 Å². The third-order valence-electron chi connectivity index (χ3n) is 10.2. The van der Waals surface area contributed by atoms with Gasteiger partial charge in [0.1, 0.15) is 0 Å². The molecule has 0 aromatic carbocycles. The average Bonchev–Trinajstić information content (AvgIpc) is 3.03. The molecule has 8 atom stereocenters. The van der Waals surface area contributed by atoms with Crippen LogP contribution in [0, 0.1) is 40.4 Å². The number of fused-ring (bicyclic) bond motifs is 5. The zero-order valence-electron chi connectivity index (χ0n) is 19.3. The third kappa shape index (κ3) is 3.50. The number of rotatable bonds is 4. The summed E-state index contributed by atoms with van der Waals surface area (Å²) in [6.45, 7) is 9.48. The van der Waals surface area contributed by atoms with Gasteiger partial charge in [0.05, 0.1) is 12.7 Å². The molecule has 29 heavy (non-hydrogen) atoms. The number of allylic oxidation sites excluding steroid dienone is 1. The minimum atomic E-state index is -0.505. The van der Waals surface area contributed by atoms with E-state index in [9.17, 15) is 9.90 Å². The first-order chi connectivity index (χ1) is 13.6. The summed E-state index contributed by atoms with van der Waals surface area (Å²) >= 11 is 0. The summed E-state index contributed by atoms with van der Waals surface area (Å²) in [5, 5.41) is 10.6. The first-order valence-corrected chi connectivity index (χ1v) is 12.1. The van der Waals surface area contributed by atoms with Gasteiger partial charge in [0.15, 0.2) is 0 Å². The van der Waals surface area contributed by atoms with Crippen molar-refractivity contribution >= 4 is 5.97 Å². The van der Waals surface area contributed by atoms with Crippen LogP contribution in [0.25, 0.3) is 0 Å². The van der Waals surface area contributed by atoms with E-state index in [2.05, 4.69) is 26.8 Å². The van der Waals surface area contributed by atoms with Gasteiger partial charge in [-0.05, 0) is 105 Å². The number of aliphatic hydroxyl groups is 1. The van der Waals surface area contributed by atoms with Gasteiger partial charge < -0.3 is 9.84 Å². The lowest BCUT2D eigenvalue weighted by Crippen LogP contribution is -2.52. The fourth-order valence-corrected chi connectivity index (χ4v) is 8.43. The van der Waals surface area contributed by atoms with Crippen LogP contribution in [0.5, 0.6) is 0 Å². The molecule has 0 bridgehead atoms. The molecule has 0 radical (unpaired) electrons. The molecule has 4 aliphatic carbocycles. The molecule has 0 amide bonds. The van der Waals surface area contributed by atoms with Crippen LogP contribution in [-0.2, 0) is 9.53 Å². The largest absolute Gasteiger partial charge is 0.469 e. The Morgan fingerprint density at radius 2 is 1.93 bits per heavy atom. The second-order valence-electron chi connectivity index (χ2n) is 11.8. The standard InChI is InChI=1S/C26H42O3/c1-17(6-11-23(27)29-5)20-9-10-21-19-8-7-18-16-24(2,28)14-15-25(18,3)22(19)12-13-26(20,21)4/h7,17,19-22,28H,6,8-16H2,1-5H3. The van der Waals surface area contributed by atoms with Gasteiger partial charge in [-0.2, -0.15) is 0 Å². The van der Waals surface area contributed by atoms with E-state index in [4.69, 9.17) is 4.74 Å². The summed E-state index contributed by atoms with van der Waals surface area (Å²) in [4.78, 5) is 11.7. The summed E-state index contributed by atoms with van der Waals surface area (Å²) in [6.07, 6.45) is 13.6. The maximum atomic E-state index is 11.7. The summed E-state index contributed by atoms with van der Waals surface area (Å²) in [5.74, 6) is 3.69. The van der Waals surface area contributed by atoms with Crippen molar-refractivity contribution in [1.82, 2.24) is 0 Å². The van der Waals surface area contributed by atoms with Gasteiger partial charge in [-0.1, -0.05) is 32.4 Å². The highest BCUT2D eigenvalue weighted by atomic mass is 16.5. The molecule has 3 fully saturated rings. The monoisotopic (exact) mass is 402 g/mol. The Labute approximate surface area is 177 Å². The molecule has 0 aromatic heterocycles. The normalized spacial score (nSPS) is 47.4. The molecule has 164 valence electrons. The number of carbonyl (C=O) groups excluding carboxylic acids is 1. The van der Waals surface area contributed by atoms with Crippen molar-refractivity contribution in [3.8, 4) is 0 Å². The minimum absolute atomic E-state index is 0.0636. The van der Waals surface area contributed by atoms with Gasteiger partial charge in [-0.15, -0.1) is 0 Å².